The third kappa shape index (κ3) is 3.34. The molecule has 3 rings (SSSR count). The van der Waals surface area contributed by atoms with Gasteiger partial charge in [0.2, 0.25) is 5.88 Å². The van der Waals surface area contributed by atoms with Gasteiger partial charge in [0.15, 0.2) is 0 Å². The lowest BCUT2D eigenvalue weighted by molar-refractivity contribution is 0.0585. The summed E-state index contributed by atoms with van der Waals surface area (Å²) in [7, 11) is 0. The molecular weight excluding hydrogens is 268 g/mol. The third-order valence-corrected chi connectivity index (χ3v) is 3.47. The van der Waals surface area contributed by atoms with Gasteiger partial charge >= 0.3 is 0 Å². The topological polar surface area (TPSA) is 68.2 Å². The van der Waals surface area contributed by atoms with Crippen molar-refractivity contribution in [3.63, 3.8) is 0 Å². The van der Waals surface area contributed by atoms with Crippen molar-refractivity contribution in [2.75, 3.05) is 13.1 Å². The maximum Gasteiger partial charge on any atom is 0.255 e. The molecule has 0 unspecified atom stereocenters. The van der Waals surface area contributed by atoms with Gasteiger partial charge in [0.05, 0.1) is 5.56 Å². The normalized spacial score (nSPS) is 15.7. The third-order valence-electron chi connectivity index (χ3n) is 3.47. The molecule has 0 atom stereocenters. The van der Waals surface area contributed by atoms with Gasteiger partial charge in [0.1, 0.15) is 6.10 Å². The summed E-state index contributed by atoms with van der Waals surface area (Å²) in [6.07, 6.45) is 6.55. The highest BCUT2D eigenvalue weighted by molar-refractivity contribution is 5.93. The quantitative estimate of drug-likeness (QED) is 0.855. The Kier molecular flexibility index (Phi) is 4.04. The molecule has 2 aromatic heterocycles. The van der Waals surface area contributed by atoms with Gasteiger partial charge in [-0.1, -0.05) is 0 Å². The van der Waals surface area contributed by atoms with E-state index in [0.29, 0.717) is 24.5 Å². The second-order valence-electron chi connectivity index (χ2n) is 4.91. The van der Waals surface area contributed by atoms with Crippen LogP contribution in [0.5, 0.6) is 5.88 Å². The molecular formula is C15H16N4O2. The van der Waals surface area contributed by atoms with Crippen molar-refractivity contribution in [3.8, 4) is 5.88 Å². The molecule has 6 nitrogen and oxygen atoms in total. The Balaban J connectivity index is 1.54. The van der Waals surface area contributed by atoms with E-state index in [9.17, 15) is 4.79 Å². The number of carbonyl (C=O) groups is 1. The number of likely N-dealkylation sites (tertiary alicyclic amines) is 1. The van der Waals surface area contributed by atoms with Crippen LogP contribution >= 0.6 is 0 Å². The van der Waals surface area contributed by atoms with Crippen LogP contribution in [0.4, 0.5) is 0 Å². The summed E-state index contributed by atoms with van der Waals surface area (Å²) in [5, 5.41) is 7.70. The Morgan fingerprint density at radius 1 is 1.19 bits per heavy atom. The average Bonchev–Trinajstić information content (AvgIpc) is 2.57. The molecule has 3 heterocycles. The van der Waals surface area contributed by atoms with Gasteiger partial charge in [-0.15, -0.1) is 5.10 Å². The molecule has 0 N–H and O–H groups in total. The lowest BCUT2D eigenvalue weighted by atomic mass is 10.1. The summed E-state index contributed by atoms with van der Waals surface area (Å²) in [5.74, 6) is 0.565. The van der Waals surface area contributed by atoms with E-state index in [1.807, 2.05) is 4.90 Å². The predicted molar refractivity (Wildman–Crippen MR) is 75.8 cm³/mol. The van der Waals surface area contributed by atoms with Crippen LogP contribution in [0, 0.1) is 0 Å². The fourth-order valence-corrected chi connectivity index (χ4v) is 2.37. The van der Waals surface area contributed by atoms with E-state index in [1.54, 1.807) is 42.9 Å². The molecule has 6 heteroatoms. The van der Waals surface area contributed by atoms with Crippen LogP contribution in [0.25, 0.3) is 0 Å². The first kappa shape index (κ1) is 13.5. The minimum Gasteiger partial charge on any atom is -0.473 e. The highest BCUT2D eigenvalue weighted by atomic mass is 16.5. The number of piperidine rings is 1. The highest BCUT2D eigenvalue weighted by Crippen LogP contribution is 2.18. The number of aromatic nitrogens is 3. The largest absolute Gasteiger partial charge is 0.473 e. The Labute approximate surface area is 122 Å². The van der Waals surface area contributed by atoms with E-state index in [1.165, 1.54) is 0 Å². The summed E-state index contributed by atoms with van der Waals surface area (Å²) in [5.41, 5.74) is 0.630. The second kappa shape index (κ2) is 6.30. The standard InChI is InChI=1S/C15H16N4O2/c20-15(12-3-1-7-16-11-12)19-9-5-13(6-10-19)21-14-4-2-8-17-18-14/h1-4,7-8,11,13H,5-6,9-10H2. The molecule has 1 fully saturated rings. The maximum absolute atomic E-state index is 12.3. The van der Waals surface area contributed by atoms with E-state index in [-0.39, 0.29) is 12.0 Å². The van der Waals surface area contributed by atoms with Gasteiger partial charge in [-0.3, -0.25) is 9.78 Å². The lowest BCUT2D eigenvalue weighted by Gasteiger charge is -2.31. The smallest absolute Gasteiger partial charge is 0.255 e. The fraction of sp³-hybridized carbons (Fsp3) is 0.333. The van der Waals surface area contributed by atoms with E-state index in [2.05, 4.69) is 15.2 Å². The molecule has 0 spiro atoms. The summed E-state index contributed by atoms with van der Waals surface area (Å²) >= 11 is 0. The lowest BCUT2D eigenvalue weighted by Crippen LogP contribution is -2.41. The van der Waals surface area contributed by atoms with Crippen molar-refractivity contribution < 1.29 is 9.53 Å². The van der Waals surface area contributed by atoms with Crippen molar-refractivity contribution in [2.45, 2.75) is 18.9 Å². The number of hydrogen-bond donors (Lipinski definition) is 0. The van der Waals surface area contributed by atoms with Crippen molar-refractivity contribution >= 4 is 5.91 Å². The molecule has 0 aromatic carbocycles. The molecule has 108 valence electrons. The minimum atomic E-state index is 0.0288. The number of nitrogens with zero attached hydrogens (tertiary/aromatic N) is 4. The SMILES string of the molecule is O=C(c1cccnc1)N1CCC(Oc2cccnn2)CC1. The zero-order chi connectivity index (χ0) is 14.5. The molecule has 0 radical (unpaired) electrons. The predicted octanol–water partition coefficient (Wildman–Crippen LogP) is 1.56. The van der Waals surface area contributed by atoms with Crippen LogP contribution in [-0.4, -0.2) is 45.2 Å². The number of ether oxygens (including phenoxy) is 1. The van der Waals surface area contributed by atoms with Gasteiger partial charge in [-0.2, -0.15) is 5.10 Å². The summed E-state index contributed by atoms with van der Waals surface area (Å²) < 4.78 is 5.77. The van der Waals surface area contributed by atoms with E-state index < -0.39 is 0 Å². The van der Waals surface area contributed by atoms with E-state index in [0.717, 1.165) is 12.8 Å². The highest BCUT2D eigenvalue weighted by Gasteiger charge is 2.24. The molecule has 1 aliphatic rings. The van der Waals surface area contributed by atoms with Crippen LogP contribution in [0.15, 0.2) is 42.9 Å². The number of hydrogen-bond acceptors (Lipinski definition) is 5. The fourth-order valence-electron chi connectivity index (χ4n) is 2.37. The zero-order valence-corrected chi connectivity index (χ0v) is 11.6. The summed E-state index contributed by atoms with van der Waals surface area (Å²) in [4.78, 5) is 18.1. The van der Waals surface area contributed by atoms with Gasteiger partial charge < -0.3 is 9.64 Å². The van der Waals surface area contributed by atoms with Crippen molar-refractivity contribution in [2.24, 2.45) is 0 Å². The number of carbonyl (C=O) groups excluding carboxylic acids is 1. The number of rotatable bonds is 3. The van der Waals surface area contributed by atoms with Crippen LogP contribution in [0.2, 0.25) is 0 Å². The van der Waals surface area contributed by atoms with Crippen LogP contribution in [-0.2, 0) is 0 Å². The van der Waals surface area contributed by atoms with Crippen molar-refractivity contribution in [1.82, 2.24) is 20.1 Å². The molecule has 1 aliphatic heterocycles. The van der Waals surface area contributed by atoms with E-state index >= 15 is 0 Å². The summed E-state index contributed by atoms with van der Waals surface area (Å²) in [6, 6.07) is 7.15. The van der Waals surface area contributed by atoms with Crippen molar-refractivity contribution in [3.05, 3.63) is 48.4 Å². The molecule has 2 aromatic rings. The van der Waals surface area contributed by atoms with Gasteiger partial charge in [-0.05, 0) is 18.2 Å². The molecule has 1 saturated heterocycles. The van der Waals surface area contributed by atoms with Gasteiger partial charge in [0, 0.05) is 50.6 Å². The maximum atomic E-state index is 12.3. The minimum absolute atomic E-state index is 0.0288. The Morgan fingerprint density at radius 2 is 2.00 bits per heavy atom. The molecule has 21 heavy (non-hydrogen) atoms. The molecule has 0 saturated carbocycles. The van der Waals surface area contributed by atoms with Crippen LogP contribution < -0.4 is 4.74 Å². The van der Waals surface area contributed by atoms with E-state index in [4.69, 9.17) is 4.74 Å². The van der Waals surface area contributed by atoms with Gasteiger partial charge in [-0.25, -0.2) is 0 Å². The Morgan fingerprint density at radius 3 is 2.67 bits per heavy atom. The molecule has 1 amide bonds. The van der Waals surface area contributed by atoms with Crippen LogP contribution in [0.3, 0.4) is 0 Å². The number of pyridine rings is 1. The monoisotopic (exact) mass is 284 g/mol. The first-order valence-corrected chi connectivity index (χ1v) is 6.96. The van der Waals surface area contributed by atoms with Gasteiger partial charge in [0.25, 0.3) is 5.91 Å². The molecule has 0 aliphatic carbocycles. The Hall–Kier alpha value is -2.50. The average molecular weight is 284 g/mol. The van der Waals surface area contributed by atoms with Crippen molar-refractivity contribution in [1.29, 1.82) is 0 Å². The first-order valence-electron chi connectivity index (χ1n) is 6.96. The molecule has 0 bridgehead atoms. The Bertz CT molecular complexity index is 583. The first-order chi connectivity index (χ1) is 10.3. The second-order valence-corrected chi connectivity index (χ2v) is 4.91. The number of amides is 1. The van der Waals surface area contributed by atoms with Crippen LogP contribution in [0.1, 0.15) is 23.2 Å². The zero-order valence-electron chi connectivity index (χ0n) is 11.6. The summed E-state index contributed by atoms with van der Waals surface area (Å²) in [6.45, 7) is 1.36.